The van der Waals surface area contributed by atoms with Gasteiger partial charge in [0.25, 0.3) is 10.2 Å². The minimum absolute atomic E-state index is 0.0531. The zero-order valence-electron chi connectivity index (χ0n) is 10.3. The van der Waals surface area contributed by atoms with Crippen molar-refractivity contribution >= 4 is 16.2 Å². The van der Waals surface area contributed by atoms with Crippen LogP contribution in [-0.2, 0) is 15.0 Å². The Morgan fingerprint density at radius 1 is 1.41 bits per heavy atom. The summed E-state index contributed by atoms with van der Waals surface area (Å²) in [5, 5.41) is 17.5. The fraction of sp³-hybridized carbons (Fsp3) is 0.889. The Hall–Kier alpha value is -0.700. The summed E-state index contributed by atoms with van der Waals surface area (Å²) in [5.74, 6) is -1.11. The molecule has 1 atom stereocenters. The lowest BCUT2D eigenvalue weighted by Gasteiger charge is -2.23. The molecule has 8 heteroatoms. The van der Waals surface area contributed by atoms with E-state index in [0.29, 0.717) is 0 Å². The summed E-state index contributed by atoms with van der Waals surface area (Å²) in [7, 11) is -2.46. The molecule has 0 rings (SSSR count). The molecule has 0 radical (unpaired) electrons. The van der Waals surface area contributed by atoms with Gasteiger partial charge in [-0.25, -0.2) is 0 Å². The molecule has 0 aliphatic rings. The van der Waals surface area contributed by atoms with Crippen LogP contribution in [0.5, 0.6) is 0 Å². The van der Waals surface area contributed by atoms with Gasteiger partial charge in [-0.15, -0.1) is 0 Å². The SMILES string of the molecule is CC(C)[C@@H](CO)NS(=O)(=O)N(C)CCC(=O)O. The first-order valence-corrected chi connectivity index (χ1v) is 6.71. The molecule has 0 saturated carbocycles. The second-order valence-electron chi connectivity index (χ2n) is 4.12. The molecular formula is C9H20N2O5S. The van der Waals surface area contributed by atoms with Gasteiger partial charge in [0.2, 0.25) is 0 Å². The predicted molar refractivity (Wildman–Crippen MR) is 62.7 cm³/mol. The Bertz CT molecular complexity index is 341. The van der Waals surface area contributed by atoms with Crippen LogP contribution >= 0.6 is 0 Å². The maximum absolute atomic E-state index is 11.7. The summed E-state index contributed by atoms with van der Waals surface area (Å²) < 4.78 is 26.7. The zero-order valence-corrected chi connectivity index (χ0v) is 11.1. The predicted octanol–water partition coefficient (Wildman–Crippen LogP) is -0.756. The van der Waals surface area contributed by atoms with E-state index in [-0.39, 0.29) is 25.5 Å². The lowest BCUT2D eigenvalue weighted by atomic mass is 10.1. The molecule has 102 valence electrons. The molecule has 0 spiro atoms. The maximum Gasteiger partial charge on any atom is 0.304 e. The molecule has 0 unspecified atom stereocenters. The lowest BCUT2D eigenvalue weighted by molar-refractivity contribution is -0.137. The van der Waals surface area contributed by atoms with Crippen molar-refractivity contribution in [2.24, 2.45) is 5.92 Å². The Kier molecular flexibility index (Phi) is 6.61. The fourth-order valence-corrected chi connectivity index (χ4v) is 2.28. The van der Waals surface area contributed by atoms with E-state index in [4.69, 9.17) is 10.2 Å². The molecule has 0 bridgehead atoms. The van der Waals surface area contributed by atoms with E-state index in [1.54, 1.807) is 13.8 Å². The zero-order chi connectivity index (χ0) is 13.6. The molecule has 3 N–H and O–H groups in total. The van der Waals surface area contributed by atoms with Gasteiger partial charge in [-0.1, -0.05) is 13.8 Å². The minimum atomic E-state index is -3.75. The maximum atomic E-state index is 11.7. The van der Waals surface area contributed by atoms with Crippen LogP contribution in [0.3, 0.4) is 0 Å². The number of aliphatic hydroxyl groups is 1. The third-order valence-corrected chi connectivity index (χ3v) is 3.96. The Morgan fingerprint density at radius 2 is 1.94 bits per heavy atom. The number of carboxylic acids is 1. The molecule has 17 heavy (non-hydrogen) atoms. The number of carboxylic acid groups (broad SMARTS) is 1. The third kappa shape index (κ3) is 5.97. The minimum Gasteiger partial charge on any atom is -0.481 e. The summed E-state index contributed by atoms with van der Waals surface area (Å²) in [6.45, 7) is 3.14. The standard InChI is InChI=1S/C9H20N2O5S/c1-7(2)8(6-12)10-17(15,16)11(3)5-4-9(13)14/h7-8,10,12H,4-6H2,1-3H3,(H,13,14)/t8-/m1/s1. The van der Waals surface area contributed by atoms with Gasteiger partial charge in [0.15, 0.2) is 0 Å². The van der Waals surface area contributed by atoms with E-state index in [9.17, 15) is 13.2 Å². The smallest absolute Gasteiger partial charge is 0.304 e. The second kappa shape index (κ2) is 6.90. The monoisotopic (exact) mass is 268 g/mol. The number of nitrogens with zero attached hydrogens (tertiary/aromatic N) is 1. The van der Waals surface area contributed by atoms with E-state index in [1.165, 1.54) is 7.05 Å². The highest BCUT2D eigenvalue weighted by molar-refractivity contribution is 7.87. The van der Waals surface area contributed by atoms with Crippen molar-refractivity contribution in [1.82, 2.24) is 9.03 Å². The number of nitrogens with one attached hydrogen (secondary N) is 1. The highest BCUT2D eigenvalue weighted by atomic mass is 32.2. The van der Waals surface area contributed by atoms with Crippen molar-refractivity contribution in [3.8, 4) is 0 Å². The number of aliphatic carboxylic acids is 1. The normalized spacial score (nSPS) is 14.2. The number of hydrogen-bond acceptors (Lipinski definition) is 4. The average molecular weight is 268 g/mol. The van der Waals surface area contributed by atoms with Gasteiger partial charge in [-0.2, -0.15) is 17.4 Å². The lowest BCUT2D eigenvalue weighted by Crippen LogP contribution is -2.47. The van der Waals surface area contributed by atoms with Crippen LogP contribution in [0, 0.1) is 5.92 Å². The quantitative estimate of drug-likeness (QED) is 0.536. The number of hydrogen-bond donors (Lipinski definition) is 3. The Labute approximate surface area is 102 Å². The summed E-state index contributed by atoms with van der Waals surface area (Å²) in [6, 6.07) is -0.577. The Balaban J connectivity index is 4.50. The molecule has 7 nitrogen and oxygen atoms in total. The highest BCUT2D eigenvalue weighted by Gasteiger charge is 2.24. The van der Waals surface area contributed by atoms with Crippen LogP contribution < -0.4 is 4.72 Å². The second-order valence-corrected chi connectivity index (χ2v) is 5.93. The highest BCUT2D eigenvalue weighted by Crippen LogP contribution is 2.05. The first-order valence-electron chi connectivity index (χ1n) is 5.27. The Morgan fingerprint density at radius 3 is 2.29 bits per heavy atom. The molecule has 0 saturated heterocycles. The summed E-state index contributed by atoms with van der Waals surface area (Å²) >= 11 is 0. The van der Waals surface area contributed by atoms with Crippen LogP contribution in [0.25, 0.3) is 0 Å². The van der Waals surface area contributed by atoms with Crippen molar-refractivity contribution in [3.05, 3.63) is 0 Å². The molecule has 0 aromatic carbocycles. The largest absolute Gasteiger partial charge is 0.481 e. The van der Waals surface area contributed by atoms with Gasteiger partial charge < -0.3 is 10.2 Å². The van der Waals surface area contributed by atoms with Crippen molar-refractivity contribution in [2.75, 3.05) is 20.2 Å². The molecule has 0 fully saturated rings. The van der Waals surface area contributed by atoms with Gasteiger partial charge in [-0.3, -0.25) is 4.79 Å². The van der Waals surface area contributed by atoms with Crippen molar-refractivity contribution in [3.63, 3.8) is 0 Å². The van der Waals surface area contributed by atoms with Crippen molar-refractivity contribution in [2.45, 2.75) is 26.3 Å². The topological polar surface area (TPSA) is 107 Å². The van der Waals surface area contributed by atoms with Crippen molar-refractivity contribution < 1.29 is 23.4 Å². The number of carbonyl (C=O) groups is 1. The van der Waals surface area contributed by atoms with Gasteiger partial charge >= 0.3 is 5.97 Å². The van der Waals surface area contributed by atoms with E-state index < -0.39 is 22.2 Å². The summed E-state index contributed by atoms with van der Waals surface area (Å²) in [5.41, 5.74) is 0. The number of aliphatic hydroxyl groups excluding tert-OH is 1. The summed E-state index contributed by atoms with van der Waals surface area (Å²) in [4.78, 5) is 10.3. The van der Waals surface area contributed by atoms with Gasteiger partial charge in [0.05, 0.1) is 13.0 Å². The van der Waals surface area contributed by atoms with E-state index in [1.807, 2.05) is 0 Å². The molecular weight excluding hydrogens is 248 g/mol. The van der Waals surface area contributed by atoms with Crippen LogP contribution in [0.15, 0.2) is 0 Å². The first-order chi connectivity index (χ1) is 7.70. The molecule has 0 heterocycles. The first kappa shape index (κ1) is 16.3. The fourth-order valence-electron chi connectivity index (χ4n) is 1.04. The van der Waals surface area contributed by atoms with Crippen LogP contribution in [0.2, 0.25) is 0 Å². The van der Waals surface area contributed by atoms with Gasteiger partial charge in [0.1, 0.15) is 0 Å². The van der Waals surface area contributed by atoms with E-state index >= 15 is 0 Å². The molecule has 0 aliphatic carbocycles. The van der Waals surface area contributed by atoms with Crippen LogP contribution in [-0.4, -0.2) is 55.1 Å². The number of rotatable bonds is 8. The third-order valence-electron chi connectivity index (χ3n) is 2.35. The summed E-state index contributed by atoms with van der Waals surface area (Å²) in [6.07, 6.45) is -0.261. The van der Waals surface area contributed by atoms with Crippen molar-refractivity contribution in [1.29, 1.82) is 0 Å². The average Bonchev–Trinajstić information content (AvgIpc) is 2.21. The van der Waals surface area contributed by atoms with Crippen LogP contribution in [0.1, 0.15) is 20.3 Å². The van der Waals surface area contributed by atoms with Gasteiger partial charge in [0, 0.05) is 19.6 Å². The van der Waals surface area contributed by atoms with E-state index in [2.05, 4.69) is 4.72 Å². The molecule has 0 aromatic rings. The van der Waals surface area contributed by atoms with E-state index in [0.717, 1.165) is 4.31 Å². The molecule has 0 aromatic heterocycles. The molecule has 0 amide bonds. The van der Waals surface area contributed by atoms with Crippen LogP contribution in [0.4, 0.5) is 0 Å². The van der Waals surface area contributed by atoms with Gasteiger partial charge in [-0.05, 0) is 5.92 Å². The molecule has 0 aliphatic heterocycles.